The molecular formula is C14H19BrO3. The van der Waals surface area contributed by atoms with E-state index < -0.39 is 5.60 Å². The van der Waals surface area contributed by atoms with Crippen molar-refractivity contribution < 1.29 is 14.6 Å². The lowest BCUT2D eigenvalue weighted by molar-refractivity contribution is -0.0340. The molecule has 3 nitrogen and oxygen atoms in total. The maximum Gasteiger partial charge on any atom is 0.133 e. The van der Waals surface area contributed by atoms with Crippen LogP contribution in [0.4, 0.5) is 0 Å². The summed E-state index contributed by atoms with van der Waals surface area (Å²) < 4.78 is 11.7. The fraction of sp³-hybridized carbons (Fsp3) is 0.571. The third kappa shape index (κ3) is 3.39. The van der Waals surface area contributed by atoms with Crippen LogP contribution in [0.15, 0.2) is 22.7 Å². The number of hydrogen-bond donors (Lipinski definition) is 1. The van der Waals surface area contributed by atoms with Crippen molar-refractivity contribution in [3.05, 3.63) is 22.7 Å². The Balaban J connectivity index is 1.97. The third-order valence-electron chi connectivity index (χ3n) is 3.42. The summed E-state index contributed by atoms with van der Waals surface area (Å²) in [6.07, 6.45) is 5.06. The molecule has 0 heterocycles. The van der Waals surface area contributed by atoms with Crippen molar-refractivity contribution in [2.24, 2.45) is 0 Å². The van der Waals surface area contributed by atoms with Gasteiger partial charge in [-0.25, -0.2) is 0 Å². The zero-order valence-corrected chi connectivity index (χ0v) is 12.2. The Morgan fingerprint density at radius 1 is 1.28 bits per heavy atom. The largest absolute Gasteiger partial charge is 0.497 e. The average molecular weight is 315 g/mol. The molecule has 1 aliphatic rings. The molecule has 0 aromatic heterocycles. The van der Waals surface area contributed by atoms with Gasteiger partial charge in [0.25, 0.3) is 0 Å². The number of methoxy groups -OCH3 is 1. The molecule has 0 atom stereocenters. The standard InChI is InChI=1S/C14H19BrO3/c1-17-11-5-6-13(12(15)9-11)18-10-14(16)7-3-2-4-8-14/h5-6,9,16H,2-4,7-8,10H2,1H3. The summed E-state index contributed by atoms with van der Waals surface area (Å²) in [7, 11) is 1.63. The first kappa shape index (κ1) is 13.7. The highest BCUT2D eigenvalue weighted by Gasteiger charge is 2.30. The van der Waals surface area contributed by atoms with Gasteiger partial charge in [-0.2, -0.15) is 0 Å². The van der Waals surface area contributed by atoms with E-state index in [0.29, 0.717) is 6.61 Å². The average Bonchev–Trinajstić information content (AvgIpc) is 2.38. The van der Waals surface area contributed by atoms with Crippen LogP contribution in [0.5, 0.6) is 11.5 Å². The summed E-state index contributed by atoms with van der Waals surface area (Å²) in [5.74, 6) is 1.53. The Morgan fingerprint density at radius 3 is 2.61 bits per heavy atom. The fourth-order valence-corrected chi connectivity index (χ4v) is 2.76. The summed E-state index contributed by atoms with van der Waals surface area (Å²) >= 11 is 3.44. The van der Waals surface area contributed by atoms with Gasteiger partial charge in [-0.15, -0.1) is 0 Å². The van der Waals surface area contributed by atoms with Gasteiger partial charge < -0.3 is 14.6 Å². The zero-order chi connectivity index (χ0) is 13.0. The molecule has 100 valence electrons. The fourth-order valence-electron chi connectivity index (χ4n) is 2.29. The molecule has 4 heteroatoms. The summed E-state index contributed by atoms with van der Waals surface area (Å²) in [6.45, 7) is 0.359. The maximum absolute atomic E-state index is 10.4. The van der Waals surface area contributed by atoms with Crippen molar-refractivity contribution in [1.29, 1.82) is 0 Å². The molecule has 1 aliphatic carbocycles. The van der Waals surface area contributed by atoms with Crippen LogP contribution in [0.3, 0.4) is 0 Å². The van der Waals surface area contributed by atoms with E-state index in [1.807, 2.05) is 18.2 Å². The van der Waals surface area contributed by atoms with E-state index in [4.69, 9.17) is 9.47 Å². The van der Waals surface area contributed by atoms with Gasteiger partial charge in [0.1, 0.15) is 18.1 Å². The third-order valence-corrected chi connectivity index (χ3v) is 4.04. The van der Waals surface area contributed by atoms with E-state index in [2.05, 4.69) is 15.9 Å². The molecule has 1 N–H and O–H groups in total. The molecule has 0 amide bonds. The molecule has 18 heavy (non-hydrogen) atoms. The first-order valence-electron chi connectivity index (χ1n) is 6.32. The SMILES string of the molecule is COc1ccc(OCC2(O)CCCCC2)c(Br)c1. The minimum absolute atomic E-state index is 0.359. The van der Waals surface area contributed by atoms with Crippen LogP contribution in [0.2, 0.25) is 0 Å². The highest BCUT2D eigenvalue weighted by Crippen LogP contribution is 2.32. The maximum atomic E-state index is 10.4. The number of benzene rings is 1. The number of ether oxygens (including phenoxy) is 2. The quantitative estimate of drug-likeness (QED) is 0.924. The summed E-state index contributed by atoms with van der Waals surface area (Å²) in [5.41, 5.74) is -0.655. The lowest BCUT2D eigenvalue weighted by Gasteiger charge is -2.31. The smallest absolute Gasteiger partial charge is 0.133 e. The Labute approximate surface area is 116 Å². The molecule has 2 rings (SSSR count). The first-order valence-corrected chi connectivity index (χ1v) is 7.11. The highest BCUT2D eigenvalue weighted by molar-refractivity contribution is 9.10. The lowest BCUT2D eigenvalue weighted by Crippen LogP contribution is -2.37. The van der Waals surface area contributed by atoms with Crippen LogP contribution in [0.1, 0.15) is 32.1 Å². The zero-order valence-electron chi connectivity index (χ0n) is 10.6. The molecule has 1 aromatic carbocycles. The highest BCUT2D eigenvalue weighted by atomic mass is 79.9. The second-order valence-corrected chi connectivity index (χ2v) is 5.72. The predicted molar refractivity (Wildman–Crippen MR) is 74.2 cm³/mol. The van der Waals surface area contributed by atoms with Crippen LogP contribution in [-0.2, 0) is 0 Å². The Morgan fingerprint density at radius 2 is 2.00 bits per heavy atom. The van der Waals surface area contributed by atoms with Gasteiger partial charge in [-0.3, -0.25) is 0 Å². The van der Waals surface area contributed by atoms with E-state index in [0.717, 1.165) is 41.7 Å². The van der Waals surface area contributed by atoms with Gasteiger partial charge in [-0.1, -0.05) is 19.3 Å². The lowest BCUT2D eigenvalue weighted by atomic mass is 9.85. The molecule has 1 aromatic rings. The first-order chi connectivity index (χ1) is 8.63. The van der Waals surface area contributed by atoms with Crippen molar-refractivity contribution in [3.63, 3.8) is 0 Å². The van der Waals surface area contributed by atoms with Gasteiger partial charge in [-0.05, 0) is 47.0 Å². The van der Waals surface area contributed by atoms with E-state index in [1.165, 1.54) is 6.42 Å². The van der Waals surface area contributed by atoms with E-state index >= 15 is 0 Å². The van der Waals surface area contributed by atoms with Crippen LogP contribution < -0.4 is 9.47 Å². The molecule has 0 saturated heterocycles. The minimum atomic E-state index is -0.655. The molecular weight excluding hydrogens is 296 g/mol. The molecule has 0 spiro atoms. The van der Waals surface area contributed by atoms with Gasteiger partial charge >= 0.3 is 0 Å². The second-order valence-electron chi connectivity index (χ2n) is 4.87. The van der Waals surface area contributed by atoms with Crippen molar-refractivity contribution in [1.82, 2.24) is 0 Å². The molecule has 1 fully saturated rings. The molecule has 0 aliphatic heterocycles. The summed E-state index contributed by atoms with van der Waals surface area (Å²) in [4.78, 5) is 0. The summed E-state index contributed by atoms with van der Waals surface area (Å²) in [6, 6.07) is 5.57. The molecule has 0 unspecified atom stereocenters. The van der Waals surface area contributed by atoms with Crippen molar-refractivity contribution in [2.45, 2.75) is 37.7 Å². The predicted octanol–water partition coefficient (Wildman–Crippen LogP) is 3.53. The number of rotatable bonds is 4. The monoisotopic (exact) mass is 314 g/mol. The van der Waals surface area contributed by atoms with Gasteiger partial charge in [0.2, 0.25) is 0 Å². The van der Waals surface area contributed by atoms with Crippen molar-refractivity contribution in [3.8, 4) is 11.5 Å². The van der Waals surface area contributed by atoms with Crippen LogP contribution in [0, 0.1) is 0 Å². The van der Waals surface area contributed by atoms with Crippen LogP contribution in [0.25, 0.3) is 0 Å². The van der Waals surface area contributed by atoms with E-state index in [1.54, 1.807) is 7.11 Å². The Hall–Kier alpha value is -0.740. The van der Waals surface area contributed by atoms with E-state index in [9.17, 15) is 5.11 Å². The van der Waals surface area contributed by atoms with Crippen LogP contribution >= 0.6 is 15.9 Å². The van der Waals surface area contributed by atoms with Crippen molar-refractivity contribution in [2.75, 3.05) is 13.7 Å². The van der Waals surface area contributed by atoms with Gasteiger partial charge in [0.05, 0.1) is 17.2 Å². The van der Waals surface area contributed by atoms with Crippen molar-refractivity contribution >= 4 is 15.9 Å². The van der Waals surface area contributed by atoms with Gasteiger partial charge in [0, 0.05) is 0 Å². The topological polar surface area (TPSA) is 38.7 Å². The van der Waals surface area contributed by atoms with Crippen LogP contribution in [-0.4, -0.2) is 24.4 Å². The Bertz CT molecular complexity index is 400. The Kier molecular flexibility index (Phi) is 4.51. The van der Waals surface area contributed by atoms with E-state index in [-0.39, 0.29) is 0 Å². The minimum Gasteiger partial charge on any atom is -0.497 e. The second kappa shape index (κ2) is 5.93. The number of aliphatic hydroxyl groups is 1. The normalized spacial score (nSPS) is 18.4. The number of halogens is 1. The molecule has 0 bridgehead atoms. The van der Waals surface area contributed by atoms with Gasteiger partial charge in [0.15, 0.2) is 0 Å². The molecule has 1 saturated carbocycles. The summed E-state index contributed by atoms with van der Waals surface area (Å²) in [5, 5.41) is 10.4. The molecule has 0 radical (unpaired) electrons. The number of hydrogen-bond acceptors (Lipinski definition) is 3.